The van der Waals surface area contributed by atoms with Crippen LogP contribution in [0.25, 0.3) is 0 Å². The number of thioether (sulfide) groups is 1. The number of fused-ring (bicyclic) bond motifs is 1. The van der Waals surface area contributed by atoms with E-state index in [9.17, 15) is 0 Å². The molecule has 1 atom stereocenters. The zero-order valence-corrected chi connectivity index (χ0v) is 18.8. The summed E-state index contributed by atoms with van der Waals surface area (Å²) in [4.78, 5) is 9.25. The summed E-state index contributed by atoms with van der Waals surface area (Å²) in [6, 6.07) is 28.8. The fraction of sp³-hybridized carbons (Fsp3) is 0.125. The topological polar surface area (TPSA) is 34.4 Å². The Balaban J connectivity index is 1.58. The van der Waals surface area contributed by atoms with E-state index in [0.29, 0.717) is 5.11 Å². The molecule has 0 radical (unpaired) electrons. The largest absolute Gasteiger partial charge is 0.378 e. The summed E-state index contributed by atoms with van der Waals surface area (Å²) < 4.78 is 0. The molecule has 2 aliphatic rings. The Morgan fingerprint density at radius 1 is 0.871 bits per heavy atom. The van der Waals surface area contributed by atoms with E-state index in [4.69, 9.17) is 22.3 Å². The van der Waals surface area contributed by atoms with Crippen LogP contribution in [0.4, 0.5) is 11.4 Å². The number of thiocarbonyl (C=S) groups is 1. The lowest BCUT2D eigenvalue weighted by molar-refractivity contribution is 0.598. The van der Waals surface area contributed by atoms with Gasteiger partial charge in [0.2, 0.25) is 5.11 Å². The van der Waals surface area contributed by atoms with Crippen LogP contribution in [0.5, 0.6) is 0 Å². The number of para-hydroxylation sites is 1. The minimum Gasteiger partial charge on any atom is -0.378 e. The Bertz CT molecular complexity index is 1160. The highest BCUT2D eigenvalue weighted by Gasteiger charge is 2.39. The number of benzene rings is 3. The maximum Gasteiger partial charge on any atom is 0.205 e. The van der Waals surface area contributed by atoms with Crippen molar-refractivity contribution in [2.24, 2.45) is 10.1 Å². The highest BCUT2D eigenvalue weighted by Crippen LogP contribution is 2.39. The number of amidine groups is 1. The molecule has 0 amide bonds. The van der Waals surface area contributed by atoms with Gasteiger partial charge in [-0.2, -0.15) is 10.1 Å². The van der Waals surface area contributed by atoms with Gasteiger partial charge in [-0.3, -0.25) is 4.90 Å². The van der Waals surface area contributed by atoms with Gasteiger partial charge in [0.1, 0.15) is 5.04 Å². The minimum absolute atomic E-state index is 0.254. The van der Waals surface area contributed by atoms with Gasteiger partial charge < -0.3 is 4.90 Å². The van der Waals surface area contributed by atoms with Crippen molar-refractivity contribution in [2.75, 3.05) is 23.9 Å². The first kappa shape index (κ1) is 19.8. The van der Waals surface area contributed by atoms with Crippen molar-refractivity contribution in [2.45, 2.75) is 6.17 Å². The average Bonchev–Trinajstić information content (AvgIpc) is 3.25. The lowest BCUT2D eigenvalue weighted by Gasteiger charge is -2.38. The average molecular weight is 444 g/mol. The second-order valence-corrected chi connectivity index (χ2v) is 8.77. The molecule has 0 bridgehead atoms. The Labute approximate surface area is 191 Å². The molecule has 1 unspecified atom stereocenters. The molecule has 2 aliphatic heterocycles. The summed E-state index contributed by atoms with van der Waals surface area (Å²) in [5.41, 5.74) is 4.28. The van der Waals surface area contributed by atoms with Gasteiger partial charge in [-0.25, -0.2) is 4.99 Å². The van der Waals surface area contributed by atoms with E-state index >= 15 is 0 Å². The Morgan fingerprint density at radius 2 is 1.52 bits per heavy atom. The number of hydrogen-bond donors (Lipinski definition) is 0. The fourth-order valence-corrected chi connectivity index (χ4v) is 4.87. The quantitative estimate of drug-likeness (QED) is 0.510. The van der Waals surface area contributed by atoms with Crippen LogP contribution in [0.2, 0.25) is 0 Å². The van der Waals surface area contributed by atoms with Crippen molar-refractivity contribution in [3.05, 3.63) is 96.1 Å². The third kappa shape index (κ3) is 3.71. The van der Waals surface area contributed by atoms with Crippen LogP contribution < -0.4 is 9.80 Å². The predicted molar refractivity (Wildman–Crippen MR) is 135 cm³/mol. The van der Waals surface area contributed by atoms with E-state index in [1.807, 2.05) is 50.5 Å². The van der Waals surface area contributed by atoms with Gasteiger partial charge in [0, 0.05) is 31.0 Å². The van der Waals surface area contributed by atoms with Gasteiger partial charge in [0.05, 0.1) is 0 Å². The van der Waals surface area contributed by atoms with E-state index in [-0.39, 0.29) is 6.17 Å². The molecule has 0 saturated carbocycles. The maximum atomic E-state index is 5.94. The van der Waals surface area contributed by atoms with Crippen LogP contribution in [0, 0.1) is 0 Å². The Morgan fingerprint density at radius 3 is 2.16 bits per heavy atom. The van der Waals surface area contributed by atoms with Crippen molar-refractivity contribution < 1.29 is 0 Å². The molecular formula is C24H21N5S2. The highest BCUT2D eigenvalue weighted by molar-refractivity contribution is 8.27. The SMILES string of the molecule is CN(C)c1ccc(C2N=C3SC(c4ccccc4)=NN3C(=S)N2c2ccccc2)cc1. The molecule has 31 heavy (non-hydrogen) atoms. The summed E-state index contributed by atoms with van der Waals surface area (Å²) in [5.74, 6) is 0. The van der Waals surface area contributed by atoms with Gasteiger partial charge >= 0.3 is 0 Å². The van der Waals surface area contributed by atoms with Crippen LogP contribution in [0.3, 0.4) is 0 Å². The van der Waals surface area contributed by atoms with Gasteiger partial charge in [0.15, 0.2) is 11.3 Å². The summed E-state index contributed by atoms with van der Waals surface area (Å²) in [7, 11) is 4.08. The second-order valence-electron chi connectivity index (χ2n) is 7.44. The Kier molecular flexibility index (Phi) is 5.21. The van der Waals surface area contributed by atoms with Crippen molar-refractivity contribution in [1.82, 2.24) is 5.01 Å². The molecular weight excluding hydrogens is 422 g/mol. The van der Waals surface area contributed by atoms with Crippen molar-refractivity contribution in [3.8, 4) is 0 Å². The molecule has 0 aliphatic carbocycles. The standard InChI is InChI=1S/C24H21N5S2/c1-27(2)19-15-13-17(14-16-19)21-25-23-29(24(30)28(21)20-11-7-4-8-12-20)26-22(31-23)18-9-5-3-6-10-18/h3-16,21H,1-2H3. The summed E-state index contributed by atoms with van der Waals surface area (Å²) in [6.45, 7) is 0. The second kappa shape index (κ2) is 8.17. The lowest BCUT2D eigenvalue weighted by Crippen LogP contribution is -2.47. The van der Waals surface area contributed by atoms with Crippen LogP contribution in [0.15, 0.2) is 95.0 Å². The van der Waals surface area contributed by atoms with Crippen LogP contribution in [0.1, 0.15) is 17.3 Å². The number of hydrogen-bond acceptors (Lipinski definition) is 5. The molecule has 5 nitrogen and oxygen atoms in total. The van der Waals surface area contributed by atoms with Crippen LogP contribution in [-0.2, 0) is 0 Å². The Hall–Kier alpha value is -3.16. The van der Waals surface area contributed by atoms with E-state index in [1.54, 1.807) is 16.8 Å². The van der Waals surface area contributed by atoms with Gasteiger partial charge in [0.25, 0.3) is 0 Å². The first-order valence-electron chi connectivity index (χ1n) is 9.97. The molecule has 0 spiro atoms. The molecule has 0 saturated heterocycles. The molecule has 3 aromatic rings. The molecule has 3 aromatic carbocycles. The third-order valence-corrected chi connectivity index (χ3v) is 6.53. The maximum absolute atomic E-state index is 5.94. The number of rotatable bonds is 4. The number of aliphatic imine (C=N–C) groups is 1. The molecule has 5 rings (SSSR count). The molecule has 2 heterocycles. The molecule has 0 aromatic heterocycles. The van der Waals surface area contributed by atoms with Gasteiger partial charge in [-0.1, -0.05) is 60.7 Å². The van der Waals surface area contributed by atoms with Crippen molar-refractivity contribution in [1.29, 1.82) is 0 Å². The highest BCUT2D eigenvalue weighted by atomic mass is 32.2. The normalized spacial score (nSPS) is 17.9. The van der Waals surface area contributed by atoms with E-state index < -0.39 is 0 Å². The zero-order valence-electron chi connectivity index (χ0n) is 17.2. The molecule has 154 valence electrons. The first-order valence-corrected chi connectivity index (χ1v) is 11.2. The summed E-state index contributed by atoms with van der Waals surface area (Å²) in [5, 5.41) is 8.90. The minimum atomic E-state index is -0.254. The van der Waals surface area contributed by atoms with E-state index in [2.05, 4.69) is 58.3 Å². The summed E-state index contributed by atoms with van der Waals surface area (Å²) >= 11 is 7.50. The molecule has 0 N–H and O–H groups in total. The molecule has 7 heteroatoms. The smallest absolute Gasteiger partial charge is 0.205 e. The van der Waals surface area contributed by atoms with E-state index in [0.717, 1.165) is 32.7 Å². The van der Waals surface area contributed by atoms with Gasteiger partial charge in [-0.05, 0) is 53.8 Å². The van der Waals surface area contributed by atoms with E-state index in [1.165, 1.54) is 0 Å². The predicted octanol–water partition coefficient (Wildman–Crippen LogP) is 5.32. The number of hydrazone groups is 1. The molecule has 0 fully saturated rings. The third-order valence-electron chi connectivity index (χ3n) is 5.19. The summed E-state index contributed by atoms with van der Waals surface area (Å²) in [6.07, 6.45) is -0.254. The van der Waals surface area contributed by atoms with Crippen molar-refractivity contribution >= 4 is 50.7 Å². The zero-order chi connectivity index (χ0) is 21.4. The van der Waals surface area contributed by atoms with Crippen LogP contribution >= 0.6 is 24.0 Å². The number of nitrogens with zero attached hydrogens (tertiary/aromatic N) is 5. The number of anilines is 2. The first-order chi connectivity index (χ1) is 15.1. The lowest BCUT2D eigenvalue weighted by atomic mass is 10.1. The van der Waals surface area contributed by atoms with Gasteiger partial charge in [-0.15, -0.1) is 0 Å². The van der Waals surface area contributed by atoms with Crippen LogP contribution in [-0.4, -0.2) is 34.4 Å². The monoisotopic (exact) mass is 443 g/mol. The fourth-order valence-electron chi connectivity index (χ4n) is 3.56. The van der Waals surface area contributed by atoms with Crippen molar-refractivity contribution in [3.63, 3.8) is 0 Å².